The molecule has 0 amide bonds. The topological polar surface area (TPSA) is 125 Å². The second-order valence-corrected chi connectivity index (χ2v) is 8.57. The summed E-state index contributed by atoms with van der Waals surface area (Å²) >= 11 is 0. The molecular weight excluding hydrogens is 394 g/mol. The van der Waals surface area contributed by atoms with E-state index < -0.39 is 46.0 Å². The Morgan fingerprint density at radius 2 is 2.03 bits per heavy atom. The second-order valence-electron chi connectivity index (χ2n) is 8.57. The monoisotopic (exact) mass is 427 g/mol. The van der Waals surface area contributed by atoms with Gasteiger partial charge < -0.3 is 34.3 Å². The van der Waals surface area contributed by atoms with Gasteiger partial charge in [-0.05, 0) is 40.7 Å². The van der Waals surface area contributed by atoms with Gasteiger partial charge in [-0.25, -0.2) is 9.59 Å². The second kappa shape index (κ2) is 8.76. The number of carbonyl (C=O) groups excluding carboxylic acids is 2. The van der Waals surface area contributed by atoms with Crippen LogP contribution in [-0.2, 0) is 23.8 Å². The molecule has 2 heterocycles. The number of hydrogen-bond donors (Lipinski definition) is 2. The van der Waals surface area contributed by atoms with E-state index in [9.17, 15) is 25.0 Å². The van der Waals surface area contributed by atoms with Crippen LogP contribution in [0, 0.1) is 5.21 Å². The van der Waals surface area contributed by atoms with Crippen LogP contribution in [-0.4, -0.2) is 83.1 Å². The fraction of sp³-hybridized carbons (Fsp3) is 0.714. The summed E-state index contributed by atoms with van der Waals surface area (Å²) in [6, 6.07) is -0.665. The van der Waals surface area contributed by atoms with Gasteiger partial charge in [-0.15, -0.1) is 0 Å². The number of esters is 2. The molecule has 2 aliphatic rings. The van der Waals surface area contributed by atoms with Crippen molar-refractivity contribution in [3.8, 4) is 0 Å². The van der Waals surface area contributed by atoms with Crippen molar-refractivity contribution in [1.82, 2.24) is 0 Å². The third-order valence-corrected chi connectivity index (χ3v) is 6.26. The van der Waals surface area contributed by atoms with Crippen LogP contribution in [0.5, 0.6) is 0 Å². The summed E-state index contributed by atoms with van der Waals surface area (Å²) in [7, 11) is 1.31. The summed E-state index contributed by atoms with van der Waals surface area (Å²) < 4.78 is 15.4. The SMILES string of the molecule is C/C=C(\C)C(=O)OC1CC[N+]2([O-])CC=C(COC(=O)C(O)(C(C)OC)C(C)(C)O)C12. The zero-order valence-corrected chi connectivity index (χ0v) is 18.5. The van der Waals surface area contributed by atoms with Crippen LogP contribution in [0.25, 0.3) is 0 Å². The number of hydrogen-bond acceptors (Lipinski definition) is 8. The van der Waals surface area contributed by atoms with Gasteiger partial charge in [0.15, 0.2) is 12.1 Å². The molecule has 1 fully saturated rings. The third kappa shape index (κ3) is 4.31. The number of nitrogens with zero attached hydrogens (tertiary/aromatic N) is 1. The molecule has 5 unspecified atom stereocenters. The van der Waals surface area contributed by atoms with E-state index in [1.807, 2.05) is 0 Å². The van der Waals surface area contributed by atoms with Crippen LogP contribution in [0.4, 0.5) is 0 Å². The highest BCUT2D eigenvalue weighted by atomic mass is 16.6. The standard InChI is InChI=1S/C21H33NO8/c1-7-13(2)18(23)30-16-9-11-22(27)10-8-15(17(16)22)12-29-19(24)21(26,14(3)28-6)20(4,5)25/h7-8,14,16-17,25-26H,9-12H2,1-6H3/b13-7+. The van der Waals surface area contributed by atoms with Crippen LogP contribution in [0.2, 0.25) is 0 Å². The number of allylic oxidation sites excluding steroid dienone is 1. The molecule has 0 aromatic rings. The number of hydroxylamine groups is 3. The highest BCUT2D eigenvalue weighted by Crippen LogP contribution is 2.38. The summed E-state index contributed by atoms with van der Waals surface area (Å²) in [5, 5.41) is 34.3. The first-order valence-corrected chi connectivity index (χ1v) is 10.1. The van der Waals surface area contributed by atoms with E-state index in [4.69, 9.17) is 14.2 Å². The van der Waals surface area contributed by atoms with Gasteiger partial charge in [0.2, 0.25) is 5.60 Å². The normalized spacial score (nSPS) is 29.6. The average molecular weight is 427 g/mol. The van der Waals surface area contributed by atoms with Gasteiger partial charge in [0.1, 0.15) is 12.2 Å². The number of aliphatic hydroxyl groups is 2. The summed E-state index contributed by atoms with van der Waals surface area (Å²) in [4.78, 5) is 24.9. The minimum atomic E-state index is -2.31. The lowest BCUT2D eigenvalue weighted by atomic mass is 9.81. The van der Waals surface area contributed by atoms with Crippen molar-refractivity contribution in [3.63, 3.8) is 0 Å². The first kappa shape index (κ1) is 24.5. The van der Waals surface area contributed by atoms with Crippen molar-refractivity contribution in [1.29, 1.82) is 0 Å². The molecule has 2 aliphatic heterocycles. The zero-order chi connectivity index (χ0) is 22.9. The number of quaternary nitrogens is 1. The molecule has 0 aliphatic carbocycles. The Hall–Kier alpha value is -1.78. The quantitative estimate of drug-likeness (QED) is 0.193. The van der Waals surface area contributed by atoms with Crippen molar-refractivity contribution >= 4 is 11.9 Å². The fourth-order valence-electron chi connectivity index (χ4n) is 4.04. The maximum atomic E-state index is 13.1. The van der Waals surface area contributed by atoms with Crippen molar-refractivity contribution in [3.05, 3.63) is 28.5 Å². The van der Waals surface area contributed by atoms with Crippen molar-refractivity contribution in [2.24, 2.45) is 0 Å². The van der Waals surface area contributed by atoms with Gasteiger partial charge in [-0.1, -0.05) is 6.08 Å². The minimum absolute atomic E-state index is 0.193. The molecule has 0 bridgehead atoms. The molecule has 0 aromatic carbocycles. The molecule has 2 N–H and O–H groups in total. The van der Waals surface area contributed by atoms with Crippen LogP contribution >= 0.6 is 0 Å². The maximum absolute atomic E-state index is 13.1. The van der Waals surface area contributed by atoms with Gasteiger partial charge in [-0.3, -0.25) is 0 Å². The van der Waals surface area contributed by atoms with Gasteiger partial charge >= 0.3 is 11.9 Å². The zero-order valence-electron chi connectivity index (χ0n) is 18.5. The predicted molar refractivity (Wildman–Crippen MR) is 108 cm³/mol. The highest BCUT2D eigenvalue weighted by molar-refractivity contribution is 5.87. The molecule has 2 rings (SSSR count). The van der Waals surface area contributed by atoms with Crippen LogP contribution in [0.3, 0.4) is 0 Å². The molecular formula is C21H33NO8. The van der Waals surface area contributed by atoms with Gasteiger partial charge in [-0.2, -0.15) is 0 Å². The number of fused-ring (bicyclic) bond motifs is 1. The smallest absolute Gasteiger partial charge is 0.344 e. The number of methoxy groups -OCH3 is 1. The molecule has 0 radical (unpaired) electrons. The lowest BCUT2D eigenvalue weighted by molar-refractivity contribution is -0.877. The molecule has 5 atom stereocenters. The van der Waals surface area contributed by atoms with E-state index in [0.29, 0.717) is 24.1 Å². The Bertz CT molecular complexity index is 740. The summed E-state index contributed by atoms with van der Waals surface area (Å²) in [6.45, 7) is 7.62. The van der Waals surface area contributed by atoms with Crippen LogP contribution in [0.1, 0.15) is 41.0 Å². The molecule has 9 nitrogen and oxygen atoms in total. The molecule has 170 valence electrons. The fourth-order valence-corrected chi connectivity index (χ4v) is 4.04. The van der Waals surface area contributed by atoms with Crippen LogP contribution < -0.4 is 0 Å². The Morgan fingerprint density at radius 3 is 2.57 bits per heavy atom. The van der Waals surface area contributed by atoms with E-state index in [0.717, 1.165) is 0 Å². The van der Waals surface area contributed by atoms with E-state index >= 15 is 0 Å². The Kier molecular flexibility index (Phi) is 7.15. The molecule has 0 spiro atoms. The van der Waals surface area contributed by atoms with Gasteiger partial charge in [0, 0.05) is 24.7 Å². The number of carbonyl (C=O) groups is 2. The lowest BCUT2D eigenvalue weighted by Gasteiger charge is -2.41. The van der Waals surface area contributed by atoms with E-state index in [-0.39, 0.29) is 13.2 Å². The Labute approximate surface area is 177 Å². The van der Waals surface area contributed by atoms with Crippen molar-refractivity contribution < 1.29 is 38.7 Å². The maximum Gasteiger partial charge on any atom is 0.344 e. The molecule has 0 saturated carbocycles. The van der Waals surface area contributed by atoms with E-state index in [1.165, 1.54) is 27.9 Å². The average Bonchev–Trinajstić information content (AvgIpc) is 3.18. The molecule has 9 heteroatoms. The van der Waals surface area contributed by atoms with Crippen LogP contribution in [0.15, 0.2) is 23.3 Å². The summed E-state index contributed by atoms with van der Waals surface area (Å²) in [6.07, 6.45) is 2.08. The summed E-state index contributed by atoms with van der Waals surface area (Å²) in [5.74, 6) is -1.54. The van der Waals surface area contributed by atoms with Crippen molar-refractivity contribution in [2.75, 3.05) is 26.8 Å². The van der Waals surface area contributed by atoms with Gasteiger partial charge in [0.25, 0.3) is 0 Å². The third-order valence-electron chi connectivity index (χ3n) is 6.26. The van der Waals surface area contributed by atoms with E-state index in [1.54, 1.807) is 26.0 Å². The predicted octanol–water partition coefficient (Wildman–Crippen LogP) is 0.971. The van der Waals surface area contributed by atoms with Crippen molar-refractivity contribution in [2.45, 2.75) is 70.5 Å². The number of ether oxygens (including phenoxy) is 3. The number of rotatable bonds is 8. The molecule has 1 saturated heterocycles. The summed E-state index contributed by atoms with van der Waals surface area (Å²) in [5.41, 5.74) is -3.16. The Balaban J connectivity index is 2.14. The lowest BCUT2D eigenvalue weighted by Crippen LogP contribution is -2.63. The largest absolute Gasteiger partial charge is 0.632 e. The first-order valence-electron chi connectivity index (χ1n) is 10.1. The molecule has 30 heavy (non-hydrogen) atoms. The highest BCUT2D eigenvalue weighted by Gasteiger charge is 2.56. The minimum Gasteiger partial charge on any atom is -0.632 e. The van der Waals surface area contributed by atoms with Gasteiger partial charge in [0.05, 0.1) is 19.2 Å². The molecule has 0 aromatic heterocycles. The van der Waals surface area contributed by atoms with E-state index in [2.05, 4.69) is 0 Å². The Morgan fingerprint density at radius 1 is 1.40 bits per heavy atom. The first-order chi connectivity index (χ1) is 13.8.